The zero-order valence-corrected chi connectivity index (χ0v) is 12.1. The van der Waals surface area contributed by atoms with Crippen LogP contribution in [0.4, 0.5) is 0 Å². The number of carbonyl (C=O) groups excluding carboxylic acids is 3. The molecule has 1 heterocycles. The molecule has 0 saturated heterocycles. The van der Waals surface area contributed by atoms with Gasteiger partial charge in [0.2, 0.25) is 5.91 Å². The predicted molar refractivity (Wildman–Crippen MR) is 76.6 cm³/mol. The van der Waals surface area contributed by atoms with E-state index < -0.39 is 5.97 Å². The molecule has 1 aromatic carbocycles. The fourth-order valence-electron chi connectivity index (χ4n) is 2.29. The molecule has 1 aliphatic rings. The van der Waals surface area contributed by atoms with Crippen molar-refractivity contribution in [3.8, 4) is 0 Å². The minimum atomic E-state index is -0.435. The third-order valence-electron chi connectivity index (χ3n) is 3.48. The zero-order chi connectivity index (χ0) is 15.4. The average molecular weight is 287 g/mol. The van der Waals surface area contributed by atoms with Gasteiger partial charge in [0.15, 0.2) is 0 Å². The highest BCUT2D eigenvalue weighted by atomic mass is 16.5. The van der Waals surface area contributed by atoms with Gasteiger partial charge < -0.3 is 4.74 Å². The van der Waals surface area contributed by atoms with Gasteiger partial charge >= 0.3 is 5.97 Å². The molecule has 5 nitrogen and oxygen atoms in total. The van der Waals surface area contributed by atoms with Crippen LogP contribution in [0.1, 0.15) is 29.3 Å². The Morgan fingerprint density at radius 3 is 2.71 bits per heavy atom. The van der Waals surface area contributed by atoms with E-state index in [1.807, 2.05) is 6.92 Å². The van der Waals surface area contributed by atoms with E-state index in [0.29, 0.717) is 17.6 Å². The number of rotatable bonds is 4. The molecule has 0 bridgehead atoms. The zero-order valence-electron chi connectivity index (χ0n) is 12.1. The Hall–Kier alpha value is -2.43. The second-order valence-corrected chi connectivity index (χ2v) is 4.72. The molecule has 0 fully saturated rings. The van der Waals surface area contributed by atoms with Crippen LogP contribution in [0.15, 0.2) is 35.9 Å². The van der Waals surface area contributed by atoms with Gasteiger partial charge in [0.25, 0.3) is 5.91 Å². The van der Waals surface area contributed by atoms with Crippen molar-refractivity contribution in [3.05, 3.63) is 47.0 Å². The standard InChI is InChI=1S/C16H17NO4/c1-3-11(16(20)21-2)8-9-17-14(18)10-12-6-4-5-7-13(12)15(17)19/h4-8H,3,9-10H2,1-2H3. The van der Waals surface area contributed by atoms with Gasteiger partial charge in [0, 0.05) is 17.7 Å². The molecule has 0 aliphatic carbocycles. The molecule has 0 spiro atoms. The van der Waals surface area contributed by atoms with Crippen LogP contribution in [-0.2, 0) is 20.7 Å². The summed E-state index contributed by atoms with van der Waals surface area (Å²) < 4.78 is 4.66. The molecular weight excluding hydrogens is 270 g/mol. The number of hydrogen-bond acceptors (Lipinski definition) is 4. The molecule has 2 amide bonds. The average Bonchev–Trinajstić information content (AvgIpc) is 2.50. The van der Waals surface area contributed by atoms with Gasteiger partial charge in [0.05, 0.1) is 13.5 Å². The molecule has 0 unspecified atom stereocenters. The number of nitrogens with zero attached hydrogens (tertiary/aromatic N) is 1. The summed E-state index contributed by atoms with van der Waals surface area (Å²) in [7, 11) is 1.30. The minimum Gasteiger partial charge on any atom is -0.466 e. The maximum absolute atomic E-state index is 12.3. The molecule has 1 aliphatic heterocycles. The van der Waals surface area contributed by atoms with Gasteiger partial charge in [-0.15, -0.1) is 0 Å². The van der Waals surface area contributed by atoms with Crippen LogP contribution in [0.25, 0.3) is 0 Å². The molecule has 0 aromatic heterocycles. The van der Waals surface area contributed by atoms with Crippen molar-refractivity contribution < 1.29 is 19.1 Å². The summed E-state index contributed by atoms with van der Waals surface area (Å²) >= 11 is 0. The topological polar surface area (TPSA) is 63.7 Å². The van der Waals surface area contributed by atoms with Crippen LogP contribution >= 0.6 is 0 Å². The molecule has 0 saturated carbocycles. The first-order chi connectivity index (χ1) is 10.1. The van der Waals surface area contributed by atoms with Gasteiger partial charge in [-0.05, 0) is 18.1 Å². The maximum atomic E-state index is 12.3. The summed E-state index contributed by atoms with van der Waals surface area (Å²) in [6.45, 7) is 1.90. The lowest BCUT2D eigenvalue weighted by Crippen LogP contribution is -2.42. The molecule has 21 heavy (non-hydrogen) atoms. The van der Waals surface area contributed by atoms with E-state index in [4.69, 9.17) is 0 Å². The first-order valence-corrected chi connectivity index (χ1v) is 6.78. The lowest BCUT2D eigenvalue weighted by molar-refractivity contribution is -0.136. The molecule has 5 heteroatoms. The summed E-state index contributed by atoms with van der Waals surface area (Å²) in [6, 6.07) is 7.07. The highest BCUT2D eigenvalue weighted by Crippen LogP contribution is 2.19. The van der Waals surface area contributed by atoms with Crippen molar-refractivity contribution in [2.75, 3.05) is 13.7 Å². The van der Waals surface area contributed by atoms with Crippen molar-refractivity contribution in [3.63, 3.8) is 0 Å². The van der Waals surface area contributed by atoms with Gasteiger partial charge in [-0.1, -0.05) is 31.2 Å². The highest BCUT2D eigenvalue weighted by Gasteiger charge is 2.29. The number of amides is 2. The van der Waals surface area contributed by atoms with Gasteiger partial charge in [-0.3, -0.25) is 14.5 Å². The van der Waals surface area contributed by atoms with E-state index in [1.54, 1.807) is 30.3 Å². The summed E-state index contributed by atoms with van der Waals surface area (Å²) in [4.78, 5) is 37.1. The first-order valence-electron chi connectivity index (χ1n) is 6.78. The Kier molecular flexibility index (Phi) is 4.52. The smallest absolute Gasteiger partial charge is 0.333 e. The number of imide groups is 1. The van der Waals surface area contributed by atoms with Crippen molar-refractivity contribution in [1.82, 2.24) is 4.90 Å². The van der Waals surface area contributed by atoms with Crippen molar-refractivity contribution >= 4 is 17.8 Å². The van der Waals surface area contributed by atoms with E-state index in [9.17, 15) is 14.4 Å². The van der Waals surface area contributed by atoms with Crippen molar-refractivity contribution in [1.29, 1.82) is 0 Å². The Bertz CT molecular complexity index is 618. The molecular formula is C16H17NO4. The summed E-state index contributed by atoms with van der Waals surface area (Å²) in [5.74, 6) is -1.01. The SMILES string of the molecule is CCC(=CCN1C(=O)Cc2ccccc2C1=O)C(=O)OC. The Morgan fingerprint density at radius 2 is 2.05 bits per heavy atom. The lowest BCUT2D eigenvalue weighted by atomic mass is 9.98. The van der Waals surface area contributed by atoms with Crippen molar-refractivity contribution in [2.24, 2.45) is 0 Å². The van der Waals surface area contributed by atoms with Crippen LogP contribution in [0, 0.1) is 0 Å². The number of benzene rings is 1. The Labute approximate surface area is 123 Å². The van der Waals surface area contributed by atoms with E-state index in [2.05, 4.69) is 4.74 Å². The maximum Gasteiger partial charge on any atom is 0.333 e. The number of carbonyl (C=O) groups is 3. The van der Waals surface area contributed by atoms with E-state index >= 15 is 0 Å². The van der Waals surface area contributed by atoms with Crippen LogP contribution in [-0.4, -0.2) is 36.3 Å². The summed E-state index contributed by atoms with van der Waals surface area (Å²) in [6.07, 6.45) is 2.27. The number of esters is 1. The lowest BCUT2D eigenvalue weighted by Gasteiger charge is -2.25. The fraction of sp³-hybridized carbons (Fsp3) is 0.312. The summed E-state index contributed by atoms with van der Waals surface area (Å²) in [5.41, 5.74) is 1.75. The van der Waals surface area contributed by atoms with E-state index in [0.717, 1.165) is 5.56 Å². The number of ether oxygens (including phenoxy) is 1. The van der Waals surface area contributed by atoms with Crippen LogP contribution in [0.2, 0.25) is 0 Å². The first kappa shape index (κ1) is 15.0. The van der Waals surface area contributed by atoms with E-state index in [-0.39, 0.29) is 24.8 Å². The third-order valence-corrected chi connectivity index (χ3v) is 3.48. The molecule has 0 radical (unpaired) electrons. The monoisotopic (exact) mass is 287 g/mol. The van der Waals surface area contributed by atoms with Gasteiger partial charge in [-0.25, -0.2) is 4.79 Å². The Morgan fingerprint density at radius 1 is 1.33 bits per heavy atom. The number of hydrogen-bond donors (Lipinski definition) is 0. The summed E-state index contributed by atoms with van der Waals surface area (Å²) in [5, 5.41) is 0. The number of methoxy groups -OCH3 is 1. The molecule has 0 N–H and O–H groups in total. The third kappa shape index (κ3) is 3.02. The number of fused-ring (bicyclic) bond motifs is 1. The largest absolute Gasteiger partial charge is 0.466 e. The second kappa shape index (κ2) is 6.35. The van der Waals surface area contributed by atoms with Gasteiger partial charge in [-0.2, -0.15) is 0 Å². The molecule has 110 valence electrons. The fourth-order valence-corrected chi connectivity index (χ4v) is 2.29. The van der Waals surface area contributed by atoms with Crippen molar-refractivity contribution in [2.45, 2.75) is 19.8 Å². The second-order valence-electron chi connectivity index (χ2n) is 4.72. The highest BCUT2D eigenvalue weighted by molar-refractivity contribution is 6.09. The van der Waals surface area contributed by atoms with Crippen LogP contribution < -0.4 is 0 Å². The molecule has 2 rings (SSSR count). The van der Waals surface area contributed by atoms with Crippen LogP contribution in [0.3, 0.4) is 0 Å². The Balaban J connectivity index is 2.22. The molecule has 0 atom stereocenters. The van der Waals surface area contributed by atoms with Crippen LogP contribution in [0.5, 0.6) is 0 Å². The molecule has 1 aromatic rings. The quantitative estimate of drug-likeness (QED) is 0.480. The normalized spacial score (nSPS) is 15.0. The van der Waals surface area contributed by atoms with Gasteiger partial charge in [0.1, 0.15) is 0 Å². The predicted octanol–water partition coefficient (Wildman–Crippen LogP) is 1.72. The van der Waals surface area contributed by atoms with E-state index in [1.165, 1.54) is 12.0 Å². The minimum absolute atomic E-state index is 0.0876.